The van der Waals surface area contributed by atoms with E-state index in [2.05, 4.69) is 19.7 Å². The van der Waals surface area contributed by atoms with Crippen molar-refractivity contribution in [2.45, 2.75) is 37.5 Å². The molecular weight excluding hydrogens is 459 g/mol. The minimum atomic E-state index is -5.08. The number of hydrogen-bond donors (Lipinski definition) is 1. The second kappa shape index (κ2) is 9.53. The number of carboxylic acids is 1. The van der Waals surface area contributed by atoms with E-state index in [0.717, 1.165) is 24.3 Å². The van der Waals surface area contributed by atoms with E-state index >= 15 is 0 Å². The lowest BCUT2D eigenvalue weighted by molar-refractivity contribution is -0.192. The molecule has 5 rings (SSSR count). The first-order valence-corrected chi connectivity index (χ1v) is 10.3. The Bertz CT molecular complexity index is 1140. The lowest BCUT2D eigenvalue weighted by Gasteiger charge is -2.33. The van der Waals surface area contributed by atoms with E-state index in [-0.39, 0.29) is 11.9 Å². The molecule has 1 amide bonds. The summed E-state index contributed by atoms with van der Waals surface area (Å²) in [5.41, 5.74) is 1.34. The Morgan fingerprint density at radius 1 is 1.26 bits per heavy atom. The van der Waals surface area contributed by atoms with Gasteiger partial charge in [0.1, 0.15) is 12.4 Å². The fourth-order valence-corrected chi connectivity index (χ4v) is 3.40. The fraction of sp³-hybridized carbons (Fsp3) is 0.381. The van der Waals surface area contributed by atoms with Crippen LogP contribution in [0.2, 0.25) is 0 Å². The van der Waals surface area contributed by atoms with Gasteiger partial charge in [0.05, 0.1) is 24.6 Å². The van der Waals surface area contributed by atoms with E-state index in [1.807, 2.05) is 18.2 Å². The minimum Gasteiger partial charge on any atom is -0.475 e. The fourth-order valence-electron chi connectivity index (χ4n) is 3.40. The molecule has 1 aliphatic heterocycles. The third-order valence-electron chi connectivity index (χ3n) is 5.24. The van der Waals surface area contributed by atoms with Crippen LogP contribution in [-0.4, -0.2) is 60.9 Å². The zero-order valence-electron chi connectivity index (χ0n) is 17.7. The standard InChI is InChI=1S/C19H19N5O3.C2HF3O2/c25-19(16-7-17(27-22-16)13-4-5-13)23-9-14-8-20-12-24(14)15(10-23)11-26-18-3-1-2-6-21-18;3-2(4,5)1(6)7/h1-3,6-8,12-13,15H,4-5,9-11H2;(H,6,7). The Balaban J connectivity index is 0.000000344. The van der Waals surface area contributed by atoms with Gasteiger partial charge in [0.25, 0.3) is 5.91 Å². The molecule has 1 saturated carbocycles. The van der Waals surface area contributed by atoms with Crippen molar-refractivity contribution in [2.24, 2.45) is 0 Å². The highest BCUT2D eigenvalue weighted by molar-refractivity contribution is 5.92. The molecule has 0 spiro atoms. The molecule has 0 aromatic carbocycles. The van der Waals surface area contributed by atoms with Crippen molar-refractivity contribution in [3.63, 3.8) is 0 Å². The van der Waals surface area contributed by atoms with Crippen LogP contribution in [0, 0.1) is 0 Å². The average Bonchev–Trinajstić information content (AvgIpc) is 3.34. The topological polar surface area (TPSA) is 124 Å². The number of rotatable bonds is 5. The van der Waals surface area contributed by atoms with Crippen molar-refractivity contribution >= 4 is 11.9 Å². The molecule has 2 aliphatic rings. The third kappa shape index (κ3) is 5.53. The predicted octanol–water partition coefficient (Wildman–Crippen LogP) is 3.05. The first kappa shape index (κ1) is 23.3. The highest BCUT2D eigenvalue weighted by atomic mass is 19.4. The van der Waals surface area contributed by atoms with E-state index in [1.54, 1.807) is 29.7 Å². The zero-order valence-corrected chi connectivity index (χ0v) is 17.7. The number of carbonyl (C=O) groups excluding carboxylic acids is 1. The van der Waals surface area contributed by atoms with Crippen LogP contribution in [0.3, 0.4) is 0 Å². The van der Waals surface area contributed by atoms with Gasteiger partial charge in [-0.3, -0.25) is 4.79 Å². The highest BCUT2D eigenvalue weighted by Crippen LogP contribution is 2.40. The molecule has 0 radical (unpaired) electrons. The van der Waals surface area contributed by atoms with Gasteiger partial charge < -0.3 is 23.8 Å². The molecule has 1 unspecified atom stereocenters. The van der Waals surface area contributed by atoms with Crippen LogP contribution in [0.1, 0.15) is 46.7 Å². The molecule has 3 aromatic rings. The van der Waals surface area contributed by atoms with Gasteiger partial charge in [-0.25, -0.2) is 14.8 Å². The molecule has 1 N–H and O–H groups in total. The number of imidazole rings is 1. The zero-order chi connectivity index (χ0) is 24.3. The first-order valence-electron chi connectivity index (χ1n) is 10.3. The summed E-state index contributed by atoms with van der Waals surface area (Å²) in [7, 11) is 0. The van der Waals surface area contributed by atoms with E-state index in [1.165, 1.54) is 0 Å². The number of alkyl halides is 3. The van der Waals surface area contributed by atoms with Gasteiger partial charge in [-0.1, -0.05) is 11.2 Å². The number of amides is 1. The number of carboxylic acid groups (broad SMARTS) is 1. The normalized spacial score (nSPS) is 17.4. The summed E-state index contributed by atoms with van der Waals surface area (Å²) in [5, 5.41) is 11.1. The van der Waals surface area contributed by atoms with E-state index in [0.29, 0.717) is 37.2 Å². The molecular formula is C21H20F3N5O5. The van der Waals surface area contributed by atoms with Crippen molar-refractivity contribution in [3.8, 4) is 5.88 Å². The molecule has 4 heterocycles. The number of fused-ring (bicyclic) bond motifs is 1. The number of ether oxygens (including phenoxy) is 1. The third-order valence-corrected chi connectivity index (χ3v) is 5.24. The average molecular weight is 479 g/mol. The number of halogens is 3. The lowest BCUT2D eigenvalue weighted by Crippen LogP contribution is -2.42. The molecule has 13 heteroatoms. The number of hydrogen-bond acceptors (Lipinski definition) is 7. The maximum absolute atomic E-state index is 12.9. The quantitative estimate of drug-likeness (QED) is 0.592. The Kier molecular flexibility index (Phi) is 6.52. The summed E-state index contributed by atoms with van der Waals surface area (Å²) in [5.74, 6) is -1.07. The van der Waals surface area contributed by atoms with Crippen molar-refractivity contribution in [1.82, 2.24) is 24.6 Å². The molecule has 1 fully saturated rings. The maximum atomic E-state index is 12.9. The Labute approximate surface area is 191 Å². The van der Waals surface area contributed by atoms with Crippen LogP contribution in [0.15, 0.2) is 47.5 Å². The summed E-state index contributed by atoms with van der Waals surface area (Å²) in [6.45, 7) is 1.40. The minimum absolute atomic E-state index is 0.0444. The number of pyridine rings is 1. The second-order valence-electron chi connectivity index (χ2n) is 7.80. The van der Waals surface area contributed by atoms with Crippen LogP contribution in [0.4, 0.5) is 13.2 Å². The van der Waals surface area contributed by atoms with Crippen LogP contribution in [0.5, 0.6) is 5.88 Å². The summed E-state index contributed by atoms with van der Waals surface area (Å²) >= 11 is 0. The number of nitrogens with zero attached hydrogens (tertiary/aromatic N) is 5. The second-order valence-corrected chi connectivity index (χ2v) is 7.80. The molecule has 0 saturated heterocycles. The Hall–Kier alpha value is -3.90. The number of aromatic nitrogens is 4. The van der Waals surface area contributed by atoms with Crippen LogP contribution in [-0.2, 0) is 11.3 Å². The monoisotopic (exact) mass is 479 g/mol. The maximum Gasteiger partial charge on any atom is 0.490 e. The van der Waals surface area contributed by atoms with E-state index in [4.69, 9.17) is 19.2 Å². The van der Waals surface area contributed by atoms with Crippen LogP contribution < -0.4 is 4.74 Å². The summed E-state index contributed by atoms with van der Waals surface area (Å²) in [6.07, 6.45) is 2.39. The van der Waals surface area contributed by atoms with Gasteiger partial charge in [0.15, 0.2) is 5.69 Å². The largest absolute Gasteiger partial charge is 0.490 e. The van der Waals surface area contributed by atoms with Crippen molar-refractivity contribution in [2.75, 3.05) is 13.2 Å². The summed E-state index contributed by atoms with van der Waals surface area (Å²) < 4.78 is 45.0. The molecule has 10 nitrogen and oxygen atoms in total. The van der Waals surface area contributed by atoms with Crippen LogP contribution in [0.25, 0.3) is 0 Å². The summed E-state index contributed by atoms with van der Waals surface area (Å²) in [6, 6.07) is 7.28. The van der Waals surface area contributed by atoms with E-state index in [9.17, 15) is 18.0 Å². The van der Waals surface area contributed by atoms with Gasteiger partial charge in [-0.05, 0) is 18.9 Å². The first-order chi connectivity index (χ1) is 16.2. The molecule has 180 valence electrons. The number of carbonyl (C=O) groups is 2. The smallest absolute Gasteiger partial charge is 0.475 e. The van der Waals surface area contributed by atoms with Crippen molar-refractivity contribution in [3.05, 3.63) is 60.1 Å². The van der Waals surface area contributed by atoms with Gasteiger partial charge in [0, 0.05) is 37.0 Å². The molecule has 1 atom stereocenters. The molecule has 3 aromatic heterocycles. The Morgan fingerprint density at radius 2 is 2.03 bits per heavy atom. The molecule has 34 heavy (non-hydrogen) atoms. The van der Waals surface area contributed by atoms with Gasteiger partial charge in [-0.2, -0.15) is 13.2 Å². The molecule has 1 aliphatic carbocycles. The SMILES string of the molecule is O=C(O)C(F)(F)F.O=C(c1cc(C2CC2)on1)N1Cc2cncn2C(COc2ccccn2)C1. The Morgan fingerprint density at radius 3 is 2.68 bits per heavy atom. The van der Waals surface area contributed by atoms with Crippen molar-refractivity contribution in [1.29, 1.82) is 0 Å². The summed E-state index contributed by atoms with van der Waals surface area (Å²) in [4.78, 5) is 32.0. The lowest BCUT2D eigenvalue weighted by atomic mass is 10.1. The number of aliphatic carboxylic acids is 1. The van der Waals surface area contributed by atoms with E-state index < -0.39 is 12.1 Å². The van der Waals surface area contributed by atoms with Gasteiger partial charge >= 0.3 is 12.1 Å². The predicted molar refractivity (Wildman–Crippen MR) is 108 cm³/mol. The van der Waals surface area contributed by atoms with Gasteiger partial charge in [-0.15, -0.1) is 0 Å². The van der Waals surface area contributed by atoms with Crippen LogP contribution >= 0.6 is 0 Å². The highest BCUT2D eigenvalue weighted by Gasteiger charge is 2.38. The van der Waals surface area contributed by atoms with Crippen molar-refractivity contribution < 1.29 is 37.1 Å². The molecule has 0 bridgehead atoms. The van der Waals surface area contributed by atoms with Gasteiger partial charge in [0.2, 0.25) is 5.88 Å².